The van der Waals surface area contributed by atoms with Gasteiger partial charge < -0.3 is 14.4 Å². The van der Waals surface area contributed by atoms with Crippen molar-refractivity contribution in [3.8, 4) is 0 Å². The second-order valence-electron chi connectivity index (χ2n) is 6.81. The van der Waals surface area contributed by atoms with Gasteiger partial charge in [-0.2, -0.15) is 0 Å². The molecule has 2 fully saturated rings. The van der Waals surface area contributed by atoms with Crippen molar-refractivity contribution in [3.05, 3.63) is 18.7 Å². The van der Waals surface area contributed by atoms with Gasteiger partial charge in [0.05, 0.1) is 12.2 Å². The van der Waals surface area contributed by atoms with Gasteiger partial charge in [0.25, 0.3) is 0 Å². The smallest absolute Gasteiger partial charge is 0.227 e. The summed E-state index contributed by atoms with van der Waals surface area (Å²) in [7, 11) is 1.87. The molecular weight excluding hydrogens is 292 g/mol. The summed E-state index contributed by atoms with van der Waals surface area (Å²) in [6.45, 7) is 3.04. The van der Waals surface area contributed by atoms with Gasteiger partial charge in [0.1, 0.15) is 0 Å². The predicted molar refractivity (Wildman–Crippen MR) is 86.5 cm³/mol. The third kappa shape index (κ3) is 4.12. The molecule has 1 aromatic heterocycles. The Morgan fingerprint density at radius 2 is 2.09 bits per heavy atom. The molecule has 1 saturated carbocycles. The molecule has 1 atom stereocenters. The van der Waals surface area contributed by atoms with Crippen LogP contribution in [-0.4, -0.2) is 57.8 Å². The van der Waals surface area contributed by atoms with E-state index in [1.165, 1.54) is 0 Å². The summed E-state index contributed by atoms with van der Waals surface area (Å²) in [6.07, 6.45) is 10.3. The minimum Gasteiger partial charge on any atom is -0.345 e. The lowest BCUT2D eigenvalue weighted by atomic mass is 9.96. The van der Waals surface area contributed by atoms with Gasteiger partial charge in [-0.1, -0.05) is 0 Å². The van der Waals surface area contributed by atoms with Gasteiger partial charge in [-0.25, -0.2) is 4.98 Å². The van der Waals surface area contributed by atoms with E-state index in [4.69, 9.17) is 0 Å². The third-order valence-corrected chi connectivity index (χ3v) is 4.85. The third-order valence-electron chi connectivity index (χ3n) is 4.85. The molecule has 2 heterocycles. The minimum absolute atomic E-state index is 0.0234. The molecular formula is C17H26N4O2. The normalized spacial score (nSPS) is 21.3. The number of aryl methyl sites for hydroxylation is 1. The van der Waals surface area contributed by atoms with Gasteiger partial charge in [-0.15, -0.1) is 0 Å². The number of amides is 2. The van der Waals surface area contributed by atoms with E-state index in [0.29, 0.717) is 6.54 Å². The first-order valence-electron chi connectivity index (χ1n) is 8.64. The molecule has 1 aliphatic carbocycles. The maximum atomic E-state index is 12.6. The van der Waals surface area contributed by atoms with Gasteiger partial charge >= 0.3 is 0 Å². The van der Waals surface area contributed by atoms with E-state index in [2.05, 4.69) is 4.98 Å². The van der Waals surface area contributed by atoms with Crippen LogP contribution in [0.3, 0.4) is 0 Å². The van der Waals surface area contributed by atoms with Crippen LogP contribution < -0.4 is 0 Å². The molecule has 3 rings (SSSR count). The molecule has 0 N–H and O–H groups in total. The second-order valence-corrected chi connectivity index (χ2v) is 6.81. The van der Waals surface area contributed by atoms with Crippen molar-refractivity contribution in [1.82, 2.24) is 19.4 Å². The van der Waals surface area contributed by atoms with E-state index in [9.17, 15) is 9.59 Å². The first-order valence-corrected chi connectivity index (χ1v) is 8.64. The van der Waals surface area contributed by atoms with E-state index in [0.717, 1.165) is 51.7 Å². The van der Waals surface area contributed by atoms with Crippen molar-refractivity contribution < 1.29 is 9.59 Å². The highest BCUT2D eigenvalue weighted by atomic mass is 16.2. The van der Waals surface area contributed by atoms with Gasteiger partial charge in [-0.3, -0.25) is 9.59 Å². The van der Waals surface area contributed by atoms with Crippen molar-refractivity contribution in [3.63, 3.8) is 0 Å². The van der Waals surface area contributed by atoms with Crippen molar-refractivity contribution in [2.45, 2.75) is 38.6 Å². The number of carbonyl (C=O) groups is 2. The number of likely N-dealkylation sites (tertiary alicyclic amines) is 1. The lowest BCUT2D eigenvalue weighted by Gasteiger charge is -2.34. The number of hydrogen-bond acceptors (Lipinski definition) is 3. The number of carbonyl (C=O) groups excluding carboxylic acids is 2. The number of hydrogen-bond donors (Lipinski definition) is 0. The molecule has 6 nitrogen and oxygen atoms in total. The Labute approximate surface area is 137 Å². The van der Waals surface area contributed by atoms with Crippen LogP contribution in [0.25, 0.3) is 0 Å². The monoisotopic (exact) mass is 318 g/mol. The van der Waals surface area contributed by atoms with Crippen LogP contribution in [0.5, 0.6) is 0 Å². The standard InChI is InChI=1S/C17H26N4O2/c1-19(8-3-9-20-11-7-18-13-20)16(22)15-4-2-10-21(12-15)17(23)14-5-6-14/h7,11,13-15H,2-6,8-10,12H2,1H3/t15-/m0/s1. The summed E-state index contributed by atoms with van der Waals surface area (Å²) in [5.41, 5.74) is 0. The molecule has 0 unspecified atom stereocenters. The lowest BCUT2D eigenvalue weighted by Crippen LogP contribution is -2.46. The highest BCUT2D eigenvalue weighted by molar-refractivity contribution is 5.83. The van der Waals surface area contributed by atoms with Gasteiger partial charge in [0.15, 0.2) is 0 Å². The van der Waals surface area contributed by atoms with E-state index < -0.39 is 0 Å². The summed E-state index contributed by atoms with van der Waals surface area (Å²) in [5.74, 6) is 0.677. The lowest BCUT2D eigenvalue weighted by molar-refractivity contribution is -0.140. The summed E-state index contributed by atoms with van der Waals surface area (Å²) in [6, 6.07) is 0. The van der Waals surface area contributed by atoms with Crippen LogP contribution in [0.2, 0.25) is 0 Å². The van der Waals surface area contributed by atoms with Gasteiger partial charge in [0, 0.05) is 51.5 Å². The van der Waals surface area contributed by atoms with Crippen LogP contribution in [0.1, 0.15) is 32.1 Å². The van der Waals surface area contributed by atoms with Crippen molar-refractivity contribution in [2.75, 3.05) is 26.7 Å². The fraction of sp³-hybridized carbons (Fsp3) is 0.706. The SMILES string of the molecule is CN(CCCn1ccnc1)C(=O)[C@H]1CCCN(C(=O)C2CC2)C1. The van der Waals surface area contributed by atoms with E-state index >= 15 is 0 Å². The zero-order valence-corrected chi connectivity index (χ0v) is 13.9. The molecule has 0 radical (unpaired) electrons. The molecule has 2 amide bonds. The Bertz CT molecular complexity index is 539. The Morgan fingerprint density at radius 1 is 1.26 bits per heavy atom. The minimum atomic E-state index is -0.0234. The zero-order chi connectivity index (χ0) is 16.2. The Morgan fingerprint density at radius 3 is 2.78 bits per heavy atom. The average Bonchev–Trinajstić information content (AvgIpc) is 3.30. The predicted octanol–water partition coefficient (Wildman–Crippen LogP) is 1.38. The molecule has 126 valence electrons. The number of piperidine rings is 1. The molecule has 1 aliphatic heterocycles. The average molecular weight is 318 g/mol. The fourth-order valence-electron chi connectivity index (χ4n) is 3.30. The molecule has 6 heteroatoms. The quantitative estimate of drug-likeness (QED) is 0.796. The van der Waals surface area contributed by atoms with Crippen LogP contribution in [-0.2, 0) is 16.1 Å². The number of imidazole rings is 1. The topological polar surface area (TPSA) is 58.4 Å². The Hall–Kier alpha value is -1.85. The Kier molecular flexibility index (Phi) is 4.98. The fourth-order valence-corrected chi connectivity index (χ4v) is 3.30. The van der Waals surface area contributed by atoms with E-state index in [1.807, 2.05) is 27.6 Å². The van der Waals surface area contributed by atoms with E-state index in [-0.39, 0.29) is 23.7 Å². The molecule has 0 aromatic carbocycles. The maximum Gasteiger partial charge on any atom is 0.227 e. The summed E-state index contributed by atoms with van der Waals surface area (Å²) < 4.78 is 2.02. The van der Waals surface area contributed by atoms with Crippen molar-refractivity contribution in [1.29, 1.82) is 0 Å². The number of nitrogens with zero attached hydrogens (tertiary/aromatic N) is 4. The number of aromatic nitrogens is 2. The van der Waals surface area contributed by atoms with Crippen LogP contribution in [0.4, 0.5) is 0 Å². The summed E-state index contributed by atoms with van der Waals surface area (Å²) in [5, 5.41) is 0. The van der Waals surface area contributed by atoms with Gasteiger partial charge in [-0.05, 0) is 32.1 Å². The maximum absolute atomic E-state index is 12.6. The number of rotatable bonds is 6. The second kappa shape index (κ2) is 7.15. The highest BCUT2D eigenvalue weighted by Crippen LogP contribution is 2.32. The van der Waals surface area contributed by atoms with Crippen molar-refractivity contribution in [2.24, 2.45) is 11.8 Å². The van der Waals surface area contributed by atoms with Crippen LogP contribution in [0.15, 0.2) is 18.7 Å². The van der Waals surface area contributed by atoms with Crippen LogP contribution in [0, 0.1) is 11.8 Å². The first-order chi connectivity index (χ1) is 11.1. The van der Waals surface area contributed by atoms with Crippen LogP contribution >= 0.6 is 0 Å². The molecule has 0 spiro atoms. The summed E-state index contributed by atoms with van der Waals surface area (Å²) in [4.78, 5) is 32.6. The molecule has 0 bridgehead atoms. The highest BCUT2D eigenvalue weighted by Gasteiger charge is 2.37. The van der Waals surface area contributed by atoms with E-state index in [1.54, 1.807) is 12.5 Å². The summed E-state index contributed by atoms with van der Waals surface area (Å²) >= 11 is 0. The van der Waals surface area contributed by atoms with Crippen molar-refractivity contribution >= 4 is 11.8 Å². The Balaban J connectivity index is 1.45. The van der Waals surface area contributed by atoms with Gasteiger partial charge in [0.2, 0.25) is 11.8 Å². The first kappa shape index (κ1) is 16.0. The molecule has 1 saturated heterocycles. The molecule has 23 heavy (non-hydrogen) atoms. The zero-order valence-electron chi connectivity index (χ0n) is 13.9. The molecule has 1 aromatic rings. The largest absolute Gasteiger partial charge is 0.345 e. The molecule has 2 aliphatic rings.